The summed E-state index contributed by atoms with van der Waals surface area (Å²) in [5.74, 6) is 0.369. The van der Waals surface area contributed by atoms with Crippen LogP contribution in [0, 0.1) is 5.92 Å². The fourth-order valence-corrected chi connectivity index (χ4v) is 1.22. The number of nitrogens with zero attached hydrogens (tertiary/aromatic N) is 1. The summed E-state index contributed by atoms with van der Waals surface area (Å²) in [4.78, 5) is 15.3. The highest BCUT2D eigenvalue weighted by atomic mass is 16.5. The van der Waals surface area contributed by atoms with Crippen molar-refractivity contribution in [3.63, 3.8) is 0 Å². The number of rotatable bonds is 5. The smallest absolute Gasteiger partial charge is 0.339 e. The van der Waals surface area contributed by atoms with Gasteiger partial charge >= 0.3 is 5.97 Å². The summed E-state index contributed by atoms with van der Waals surface area (Å²) < 4.78 is 5.10. The molecule has 0 aliphatic carbocycles. The van der Waals surface area contributed by atoms with Gasteiger partial charge in [0.15, 0.2) is 0 Å². The summed E-state index contributed by atoms with van der Waals surface area (Å²) in [7, 11) is 0. The lowest BCUT2D eigenvalue weighted by molar-refractivity contribution is 0.0494. The SMILES string of the molecule is CC(C)CCCOC(=O)c1cccnc1. The Morgan fingerprint density at radius 3 is 2.93 bits per heavy atom. The molecule has 0 aliphatic heterocycles. The molecule has 0 amide bonds. The maximum atomic E-state index is 11.4. The Morgan fingerprint density at radius 1 is 1.53 bits per heavy atom. The zero-order valence-electron chi connectivity index (χ0n) is 9.27. The van der Waals surface area contributed by atoms with E-state index in [1.807, 2.05) is 0 Å². The van der Waals surface area contributed by atoms with Crippen molar-refractivity contribution >= 4 is 5.97 Å². The predicted molar refractivity (Wildman–Crippen MR) is 58.6 cm³/mol. The number of pyridine rings is 1. The lowest BCUT2D eigenvalue weighted by atomic mass is 10.1. The molecular weight excluding hydrogens is 190 g/mol. The van der Waals surface area contributed by atoms with E-state index in [4.69, 9.17) is 4.74 Å². The van der Waals surface area contributed by atoms with Gasteiger partial charge in [0.05, 0.1) is 12.2 Å². The fourth-order valence-electron chi connectivity index (χ4n) is 1.22. The van der Waals surface area contributed by atoms with Crippen molar-refractivity contribution in [2.45, 2.75) is 26.7 Å². The average molecular weight is 207 g/mol. The van der Waals surface area contributed by atoms with Crippen LogP contribution in [0.1, 0.15) is 37.0 Å². The van der Waals surface area contributed by atoms with E-state index in [-0.39, 0.29) is 5.97 Å². The molecule has 3 nitrogen and oxygen atoms in total. The number of esters is 1. The second-order valence-electron chi connectivity index (χ2n) is 3.91. The molecule has 15 heavy (non-hydrogen) atoms. The minimum absolute atomic E-state index is 0.285. The third-order valence-electron chi connectivity index (χ3n) is 2.06. The first-order chi connectivity index (χ1) is 7.20. The van der Waals surface area contributed by atoms with Gasteiger partial charge in [-0.3, -0.25) is 4.98 Å². The summed E-state index contributed by atoms with van der Waals surface area (Å²) >= 11 is 0. The molecule has 82 valence electrons. The van der Waals surface area contributed by atoms with E-state index < -0.39 is 0 Å². The van der Waals surface area contributed by atoms with Gasteiger partial charge in [0.1, 0.15) is 0 Å². The number of hydrogen-bond donors (Lipinski definition) is 0. The zero-order chi connectivity index (χ0) is 11.1. The van der Waals surface area contributed by atoms with Crippen molar-refractivity contribution in [1.29, 1.82) is 0 Å². The third-order valence-corrected chi connectivity index (χ3v) is 2.06. The van der Waals surface area contributed by atoms with Crippen LogP contribution in [0.4, 0.5) is 0 Å². The molecule has 0 unspecified atom stereocenters. The molecule has 0 atom stereocenters. The van der Waals surface area contributed by atoms with Crippen LogP contribution < -0.4 is 0 Å². The molecule has 3 heteroatoms. The number of ether oxygens (including phenoxy) is 1. The summed E-state index contributed by atoms with van der Waals surface area (Å²) in [5, 5.41) is 0. The van der Waals surface area contributed by atoms with Gasteiger partial charge in [-0.1, -0.05) is 13.8 Å². The van der Waals surface area contributed by atoms with Gasteiger partial charge in [0.25, 0.3) is 0 Å². The van der Waals surface area contributed by atoms with Crippen LogP contribution in [-0.4, -0.2) is 17.6 Å². The van der Waals surface area contributed by atoms with Gasteiger partial charge in [-0.05, 0) is 30.9 Å². The molecule has 1 heterocycles. The first kappa shape index (κ1) is 11.7. The monoisotopic (exact) mass is 207 g/mol. The number of carbonyl (C=O) groups excluding carboxylic acids is 1. The second-order valence-corrected chi connectivity index (χ2v) is 3.91. The van der Waals surface area contributed by atoms with E-state index in [1.54, 1.807) is 18.3 Å². The Hall–Kier alpha value is -1.38. The number of carbonyl (C=O) groups is 1. The van der Waals surface area contributed by atoms with Crippen molar-refractivity contribution < 1.29 is 9.53 Å². The Kier molecular flexibility index (Phi) is 4.81. The van der Waals surface area contributed by atoms with Crippen LogP contribution in [-0.2, 0) is 4.74 Å². The van der Waals surface area contributed by atoms with Crippen molar-refractivity contribution in [2.24, 2.45) is 5.92 Å². The Bertz CT molecular complexity index is 296. The second kappa shape index (κ2) is 6.17. The largest absolute Gasteiger partial charge is 0.462 e. The minimum atomic E-state index is -0.285. The standard InChI is InChI=1S/C12H17NO2/c1-10(2)5-4-8-15-12(14)11-6-3-7-13-9-11/h3,6-7,9-10H,4-5,8H2,1-2H3. The lowest BCUT2D eigenvalue weighted by Crippen LogP contribution is -2.07. The van der Waals surface area contributed by atoms with Crippen molar-refractivity contribution in [3.8, 4) is 0 Å². The summed E-state index contributed by atoms with van der Waals surface area (Å²) in [6.45, 7) is 4.80. The quantitative estimate of drug-likeness (QED) is 0.550. The van der Waals surface area contributed by atoms with E-state index >= 15 is 0 Å². The molecule has 1 aromatic rings. The van der Waals surface area contributed by atoms with E-state index in [9.17, 15) is 4.79 Å². The summed E-state index contributed by atoms with van der Waals surface area (Å²) in [6, 6.07) is 3.43. The Labute approximate surface area is 90.5 Å². The number of hydrogen-bond acceptors (Lipinski definition) is 3. The molecule has 0 aliphatic rings. The topological polar surface area (TPSA) is 39.2 Å². The normalized spacial score (nSPS) is 10.3. The first-order valence-electron chi connectivity index (χ1n) is 5.27. The minimum Gasteiger partial charge on any atom is -0.462 e. The van der Waals surface area contributed by atoms with Gasteiger partial charge in [0.2, 0.25) is 0 Å². The lowest BCUT2D eigenvalue weighted by Gasteiger charge is -2.05. The van der Waals surface area contributed by atoms with Crippen molar-refractivity contribution in [2.75, 3.05) is 6.61 Å². The molecule has 0 spiro atoms. The third kappa shape index (κ3) is 4.58. The van der Waals surface area contributed by atoms with Crippen LogP contribution in [0.3, 0.4) is 0 Å². The van der Waals surface area contributed by atoms with E-state index in [2.05, 4.69) is 18.8 Å². The zero-order valence-corrected chi connectivity index (χ0v) is 9.27. The predicted octanol–water partition coefficient (Wildman–Crippen LogP) is 2.67. The average Bonchev–Trinajstić information content (AvgIpc) is 2.25. The highest BCUT2D eigenvalue weighted by Crippen LogP contribution is 2.05. The molecular formula is C12H17NO2. The van der Waals surface area contributed by atoms with E-state index in [1.165, 1.54) is 6.20 Å². The molecule has 1 rings (SSSR count). The van der Waals surface area contributed by atoms with Gasteiger partial charge in [-0.2, -0.15) is 0 Å². The van der Waals surface area contributed by atoms with Crippen LogP contribution in [0.2, 0.25) is 0 Å². The van der Waals surface area contributed by atoms with E-state index in [0.29, 0.717) is 18.1 Å². The Morgan fingerprint density at radius 2 is 2.33 bits per heavy atom. The van der Waals surface area contributed by atoms with Gasteiger partial charge in [-0.25, -0.2) is 4.79 Å². The van der Waals surface area contributed by atoms with Crippen LogP contribution in [0.15, 0.2) is 24.5 Å². The molecule has 0 fully saturated rings. The summed E-state index contributed by atoms with van der Waals surface area (Å²) in [6.07, 6.45) is 5.16. The molecule has 0 radical (unpaired) electrons. The first-order valence-corrected chi connectivity index (χ1v) is 5.27. The molecule has 0 saturated heterocycles. The molecule has 1 aromatic heterocycles. The number of aromatic nitrogens is 1. The Balaban J connectivity index is 2.25. The van der Waals surface area contributed by atoms with Crippen LogP contribution in [0.25, 0.3) is 0 Å². The van der Waals surface area contributed by atoms with Crippen molar-refractivity contribution in [1.82, 2.24) is 4.98 Å². The highest BCUT2D eigenvalue weighted by Gasteiger charge is 2.05. The highest BCUT2D eigenvalue weighted by molar-refractivity contribution is 5.88. The molecule has 0 N–H and O–H groups in total. The molecule has 0 saturated carbocycles. The molecule has 0 bridgehead atoms. The summed E-state index contributed by atoms with van der Waals surface area (Å²) in [5.41, 5.74) is 0.516. The van der Waals surface area contributed by atoms with Gasteiger partial charge in [-0.15, -0.1) is 0 Å². The molecule has 0 aromatic carbocycles. The maximum absolute atomic E-state index is 11.4. The van der Waals surface area contributed by atoms with Gasteiger partial charge in [0, 0.05) is 12.4 Å². The van der Waals surface area contributed by atoms with Crippen LogP contribution >= 0.6 is 0 Å². The van der Waals surface area contributed by atoms with Crippen LogP contribution in [0.5, 0.6) is 0 Å². The van der Waals surface area contributed by atoms with E-state index in [0.717, 1.165) is 12.8 Å². The fraction of sp³-hybridized carbons (Fsp3) is 0.500. The van der Waals surface area contributed by atoms with Crippen molar-refractivity contribution in [3.05, 3.63) is 30.1 Å². The maximum Gasteiger partial charge on any atom is 0.339 e. The van der Waals surface area contributed by atoms with Gasteiger partial charge < -0.3 is 4.74 Å².